The monoisotopic (exact) mass is 391 g/mol. The Morgan fingerprint density at radius 2 is 1.79 bits per heavy atom. The van der Waals surface area contributed by atoms with Gasteiger partial charge in [-0.05, 0) is 24.6 Å². The van der Waals surface area contributed by atoms with Crippen LogP contribution in [0, 0.1) is 0 Å². The second-order valence-electron chi connectivity index (χ2n) is 7.87. The van der Waals surface area contributed by atoms with Crippen LogP contribution in [0.25, 0.3) is 5.65 Å². The molecular weight excluding hydrogens is 362 g/mol. The molecule has 1 saturated heterocycles. The van der Waals surface area contributed by atoms with E-state index in [2.05, 4.69) is 32.5 Å². The first-order valence-electron chi connectivity index (χ1n) is 10.3. The maximum absolute atomic E-state index is 12.9. The third kappa shape index (κ3) is 4.66. The number of nitrogens with zero attached hydrogens (tertiary/aromatic N) is 5. The largest absolute Gasteiger partial charge is 0.340 e. The molecule has 0 bridgehead atoms. The maximum atomic E-state index is 12.9. The van der Waals surface area contributed by atoms with Crippen molar-refractivity contribution in [2.45, 2.75) is 26.1 Å². The average Bonchev–Trinajstić information content (AvgIpc) is 3.16. The predicted molar refractivity (Wildman–Crippen MR) is 114 cm³/mol. The van der Waals surface area contributed by atoms with Crippen LogP contribution in [0.3, 0.4) is 0 Å². The number of hydrogen-bond acceptors (Lipinski definition) is 4. The lowest BCUT2D eigenvalue weighted by Crippen LogP contribution is -2.53. The zero-order valence-electron chi connectivity index (χ0n) is 17.2. The van der Waals surface area contributed by atoms with Gasteiger partial charge in [-0.3, -0.25) is 14.6 Å². The second kappa shape index (κ2) is 8.76. The summed E-state index contributed by atoms with van der Waals surface area (Å²) in [5.41, 5.74) is 3.24. The van der Waals surface area contributed by atoms with Gasteiger partial charge in [-0.2, -0.15) is 0 Å². The van der Waals surface area contributed by atoms with Gasteiger partial charge in [-0.25, -0.2) is 4.98 Å². The van der Waals surface area contributed by atoms with Crippen molar-refractivity contribution in [1.29, 1.82) is 0 Å². The molecule has 1 amide bonds. The number of carbonyl (C=O) groups is 1. The van der Waals surface area contributed by atoms with Crippen molar-refractivity contribution >= 4 is 11.6 Å². The molecule has 3 heterocycles. The van der Waals surface area contributed by atoms with E-state index in [1.165, 1.54) is 0 Å². The van der Waals surface area contributed by atoms with E-state index >= 15 is 0 Å². The second-order valence-corrected chi connectivity index (χ2v) is 7.87. The normalized spacial score (nSPS) is 16.8. The first kappa shape index (κ1) is 19.6. The summed E-state index contributed by atoms with van der Waals surface area (Å²) in [6.45, 7) is 7.24. The minimum Gasteiger partial charge on any atom is -0.340 e. The highest BCUT2D eigenvalue weighted by atomic mass is 16.2. The molecule has 0 saturated carbocycles. The first-order valence-corrected chi connectivity index (χ1v) is 10.3. The number of pyridine rings is 1. The van der Waals surface area contributed by atoms with E-state index in [9.17, 15) is 4.79 Å². The van der Waals surface area contributed by atoms with Gasteiger partial charge in [0.15, 0.2) is 0 Å². The molecule has 6 heteroatoms. The molecule has 6 nitrogen and oxygen atoms in total. The number of carbonyl (C=O) groups excluding carboxylic acids is 1. The molecular formula is C23H29N5O. The lowest BCUT2D eigenvalue weighted by atomic mass is 10.1. The van der Waals surface area contributed by atoms with Gasteiger partial charge in [-0.1, -0.05) is 36.4 Å². The number of benzene rings is 1. The topological polar surface area (TPSA) is 44.1 Å². The van der Waals surface area contributed by atoms with Crippen LogP contribution in [-0.4, -0.2) is 69.3 Å². The lowest BCUT2D eigenvalue weighted by Gasteiger charge is -2.38. The smallest absolute Gasteiger partial charge is 0.239 e. The van der Waals surface area contributed by atoms with Crippen molar-refractivity contribution in [2.24, 2.45) is 0 Å². The lowest BCUT2D eigenvalue weighted by molar-refractivity contribution is -0.136. The van der Waals surface area contributed by atoms with Gasteiger partial charge in [0, 0.05) is 58.7 Å². The van der Waals surface area contributed by atoms with Crippen molar-refractivity contribution in [3.05, 3.63) is 72.2 Å². The number of amides is 1. The molecule has 0 aliphatic carbocycles. The molecule has 0 N–H and O–H groups in total. The minimum atomic E-state index is -0.0962. The fraction of sp³-hybridized carbons (Fsp3) is 0.391. The molecule has 2 aromatic heterocycles. The number of rotatable bonds is 6. The summed E-state index contributed by atoms with van der Waals surface area (Å²) < 4.78 is 2.06. The Labute approximate surface area is 172 Å². The molecule has 1 aromatic carbocycles. The van der Waals surface area contributed by atoms with E-state index in [0.29, 0.717) is 6.54 Å². The molecule has 1 atom stereocenters. The van der Waals surface area contributed by atoms with Crippen molar-refractivity contribution in [3.8, 4) is 0 Å². The van der Waals surface area contributed by atoms with Crippen molar-refractivity contribution in [1.82, 2.24) is 24.1 Å². The van der Waals surface area contributed by atoms with Crippen LogP contribution >= 0.6 is 0 Å². The van der Waals surface area contributed by atoms with Crippen LogP contribution in [-0.2, 0) is 17.9 Å². The van der Waals surface area contributed by atoms with E-state index in [0.717, 1.165) is 49.6 Å². The van der Waals surface area contributed by atoms with Gasteiger partial charge >= 0.3 is 0 Å². The summed E-state index contributed by atoms with van der Waals surface area (Å²) in [4.78, 5) is 24.1. The third-order valence-electron chi connectivity index (χ3n) is 5.75. The Morgan fingerprint density at radius 3 is 2.52 bits per heavy atom. The summed E-state index contributed by atoms with van der Waals surface area (Å²) in [7, 11) is 1.89. The number of hydrogen-bond donors (Lipinski definition) is 0. The summed E-state index contributed by atoms with van der Waals surface area (Å²) >= 11 is 0. The van der Waals surface area contributed by atoms with Crippen LogP contribution < -0.4 is 0 Å². The number of fused-ring (bicyclic) bond motifs is 1. The quantitative estimate of drug-likeness (QED) is 0.648. The predicted octanol–water partition coefficient (Wildman–Crippen LogP) is 2.50. The minimum absolute atomic E-state index is 0.0962. The third-order valence-corrected chi connectivity index (χ3v) is 5.75. The Hall–Kier alpha value is -2.70. The maximum Gasteiger partial charge on any atom is 0.239 e. The van der Waals surface area contributed by atoms with E-state index < -0.39 is 0 Å². The SMILES string of the molecule is C[C@H](C(=O)N(C)Cc1ccccc1)N1CCN(Cc2cn3ccccc3n2)CC1. The molecule has 1 aliphatic heterocycles. The Kier molecular flexibility index (Phi) is 5.92. The number of likely N-dealkylation sites (N-methyl/N-ethyl adjacent to an activating group) is 1. The summed E-state index contributed by atoms with van der Waals surface area (Å²) in [5, 5.41) is 0. The van der Waals surface area contributed by atoms with E-state index in [-0.39, 0.29) is 11.9 Å². The molecule has 0 radical (unpaired) electrons. The zero-order chi connectivity index (χ0) is 20.2. The molecule has 152 valence electrons. The Balaban J connectivity index is 1.28. The van der Waals surface area contributed by atoms with Crippen molar-refractivity contribution < 1.29 is 4.79 Å². The number of imidazole rings is 1. The fourth-order valence-electron chi connectivity index (χ4n) is 4.01. The van der Waals surface area contributed by atoms with Crippen molar-refractivity contribution in [3.63, 3.8) is 0 Å². The van der Waals surface area contributed by atoms with Gasteiger partial charge in [0.1, 0.15) is 5.65 Å². The highest BCUT2D eigenvalue weighted by Gasteiger charge is 2.27. The van der Waals surface area contributed by atoms with Gasteiger partial charge in [0.25, 0.3) is 0 Å². The van der Waals surface area contributed by atoms with E-state index in [4.69, 9.17) is 4.98 Å². The fourth-order valence-corrected chi connectivity index (χ4v) is 4.01. The summed E-state index contributed by atoms with van der Waals surface area (Å²) in [6.07, 6.45) is 4.13. The molecule has 1 aliphatic rings. The molecule has 0 unspecified atom stereocenters. The molecule has 29 heavy (non-hydrogen) atoms. The molecule has 0 spiro atoms. The average molecular weight is 392 g/mol. The van der Waals surface area contributed by atoms with Gasteiger partial charge in [0.05, 0.1) is 11.7 Å². The first-order chi connectivity index (χ1) is 14.1. The Bertz CT molecular complexity index is 913. The van der Waals surface area contributed by atoms with Gasteiger partial charge < -0.3 is 9.30 Å². The van der Waals surface area contributed by atoms with Crippen LogP contribution in [0.1, 0.15) is 18.2 Å². The van der Waals surface area contributed by atoms with Crippen LogP contribution in [0.2, 0.25) is 0 Å². The molecule has 1 fully saturated rings. The van der Waals surface area contributed by atoms with Crippen molar-refractivity contribution in [2.75, 3.05) is 33.2 Å². The molecule has 3 aromatic rings. The zero-order valence-corrected chi connectivity index (χ0v) is 17.2. The van der Waals surface area contributed by atoms with Crippen LogP contribution in [0.15, 0.2) is 60.9 Å². The number of piperazine rings is 1. The van der Waals surface area contributed by atoms with E-state index in [1.807, 2.05) is 61.5 Å². The summed E-state index contributed by atoms with van der Waals surface area (Å²) in [5.74, 6) is 0.183. The molecule has 4 rings (SSSR count). The highest BCUT2D eigenvalue weighted by molar-refractivity contribution is 5.81. The Morgan fingerprint density at radius 1 is 1.07 bits per heavy atom. The van der Waals surface area contributed by atoms with E-state index in [1.54, 1.807) is 0 Å². The summed E-state index contributed by atoms with van der Waals surface area (Å²) in [6, 6.07) is 16.1. The number of aromatic nitrogens is 2. The van der Waals surface area contributed by atoms with Gasteiger partial charge in [-0.15, -0.1) is 0 Å². The standard InChI is InChI=1S/C23H29N5O/c1-19(23(29)25(2)16-20-8-4-3-5-9-20)27-14-12-26(13-15-27)17-21-18-28-11-7-6-10-22(28)24-21/h3-11,18-19H,12-17H2,1-2H3/t19-/m1/s1. The van der Waals surface area contributed by atoms with Gasteiger partial charge in [0.2, 0.25) is 5.91 Å². The van der Waals surface area contributed by atoms with Crippen LogP contribution in [0.5, 0.6) is 0 Å². The highest BCUT2D eigenvalue weighted by Crippen LogP contribution is 2.13. The van der Waals surface area contributed by atoms with Crippen LogP contribution in [0.4, 0.5) is 0 Å².